The minimum Gasteiger partial charge on any atom is -0.497 e. The van der Waals surface area contributed by atoms with Crippen LogP contribution >= 0.6 is 0 Å². The molecule has 0 radical (unpaired) electrons. The average molecular weight is 362 g/mol. The Morgan fingerprint density at radius 3 is 2.56 bits per heavy atom. The number of amides is 1. The number of fused-ring (bicyclic) bond motifs is 1. The summed E-state index contributed by atoms with van der Waals surface area (Å²) in [4.78, 5) is 24.9. The van der Waals surface area contributed by atoms with Crippen LogP contribution in [0, 0.1) is 0 Å². The first-order valence-electron chi connectivity index (χ1n) is 8.24. The molecule has 4 rings (SSSR count). The van der Waals surface area contributed by atoms with Crippen molar-refractivity contribution in [1.29, 1.82) is 0 Å². The number of carbonyl (C=O) groups is 1. The maximum Gasteiger partial charge on any atom is 0.441 e. The number of methoxy groups -OCH3 is 1. The number of rotatable bonds is 4. The molecule has 0 aliphatic rings. The van der Waals surface area contributed by atoms with Crippen molar-refractivity contribution >= 4 is 22.4 Å². The van der Waals surface area contributed by atoms with Crippen molar-refractivity contribution in [3.05, 3.63) is 82.8 Å². The van der Waals surface area contributed by atoms with Crippen molar-refractivity contribution in [2.75, 3.05) is 12.4 Å². The number of aromatic nitrogens is 2. The van der Waals surface area contributed by atoms with Gasteiger partial charge in [0, 0.05) is 23.2 Å². The molecule has 0 atom stereocenters. The molecule has 0 spiro atoms. The van der Waals surface area contributed by atoms with Gasteiger partial charge in [-0.05, 0) is 33.5 Å². The van der Waals surface area contributed by atoms with Crippen molar-refractivity contribution < 1.29 is 18.7 Å². The zero-order chi connectivity index (χ0) is 18.8. The van der Waals surface area contributed by atoms with E-state index in [1.54, 1.807) is 37.4 Å². The molecule has 134 valence electrons. The van der Waals surface area contributed by atoms with E-state index in [2.05, 4.69) is 10.6 Å². The lowest BCUT2D eigenvalue weighted by Crippen LogP contribution is -2.42. The average Bonchev–Trinajstić information content (AvgIpc) is 3.10. The van der Waals surface area contributed by atoms with Crippen molar-refractivity contribution in [2.45, 2.75) is 0 Å². The highest BCUT2D eigenvalue weighted by atomic mass is 16.5. The molecule has 0 unspecified atom stereocenters. The molecule has 4 aromatic rings. The van der Waals surface area contributed by atoms with Gasteiger partial charge in [-0.25, -0.2) is 4.79 Å². The molecule has 0 aliphatic carbocycles. The van der Waals surface area contributed by atoms with Gasteiger partial charge in [0.2, 0.25) is 5.69 Å². The quantitative estimate of drug-likeness (QED) is 0.546. The van der Waals surface area contributed by atoms with E-state index in [1.165, 1.54) is 4.68 Å². The summed E-state index contributed by atoms with van der Waals surface area (Å²) in [5.74, 6) is 0.0871. The van der Waals surface area contributed by atoms with Crippen LogP contribution in [-0.4, -0.2) is 18.3 Å². The number of ether oxygens (including phenoxy) is 1. The number of aromatic amines is 1. The van der Waals surface area contributed by atoms with Gasteiger partial charge in [-0.1, -0.05) is 36.4 Å². The SMILES string of the molecule is COc1ccc(-[n+]2[nH]oc(=O)c2C(=O)Nc2cccc3ccccc23)cc1. The molecule has 1 amide bonds. The topological polar surface area (TPSA) is 88.2 Å². The standard InChI is InChI=1S/C20H15N3O4/c1-26-15-11-9-14(10-12-15)23-18(20(25)27-22-23)19(24)21-17-8-4-6-13-5-2-3-7-16(13)17/h2-12H,1H3,(H-,21,22,24,25)/p+1. The van der Waals surface area contributed by atoms with E-state index < -0.39 is 11.5 Å². The molecular formula is C20H16N3O4+. The Morgan fingerprint density at radius 1 is 1.04 bits per heavy atom. The second-order valence-electron chi connectivity index (χ2n) is 5.84. The van der Waals surface area contributed by atoms with Crippen LogP contribution in [-0.2, 0) is 0 Å². The van der Waals surface area contributed by atoms with Gasteiger partial charge in [-0.15, -0.1) is 0 Å². The lowest BCUT2D eigenvalue weighted by atomic mass is 10.1. The van der Waals surface area contributed by atoms with Gasteiger partial charge in [0.15, 0.2) is 0 Å². The van der Waals surface area contributed by atoms with Gasteiger partial charge in [-0.3, -0.25) is 9.32 Å². The van der Waals surface area contributed by atoms with Gasteiger partial charge in [0.25, 0.3) is 0 Å². The summed E-state index contributed by atoms with van der Waals surface area (Å²) in [6, 6.07) is 20.1. The Morgan fingerprint density at radius 2 is 1.78 bits per heavy atom. The van der Waals surface area contributed by atoms with E-state index >= 15 is 0 Å². The summed E-state index contributed by atoms with van der Waals surface area (Å²) < 4.78 is 11.3. The number of H-pyrrole nitrogens is 1. The molecule has 1 aromatic heterocycles. The van der Waals surface area contributed by atoms with Crippen LogP contribution in [0.25, 0.3) is 16.5 Å². The molecule has 7 heteroatoms. The molecule has 0 aliphatic heterocycles. The van der Waals surface area contributed by atoms with Crippen LogP contribution in [0.1, 0.15) is 10.5 Å². The Labute approximate surface area is 153 Å². The fourth-order valence-electron chi connectivity index (χ4n) is 2.90. The largest absolute Gasteiger partial charge is 0.497 e. The Bertz CT molecular complexity index is 1170. The molecule has 0 saturated carbocycles. The summed E-state index contributed by atoms with van der Waals surface area (Å²) in [7, 11) is 1.56. The predicted octanol–water partition coefficient (Wildman–Crippen LogP) is 2.66. The second kappa shape index (κ2) is 6.80. The third-order valence-corrected chi connectivity index (χ3v) is 4.23. The summed E-state index contributed by atoms with van der Waals surface area (Å²) in [5.41, 5.74) is 0.251. The van der Waals surface area contributed by atoms with Gasteiger partial charge in [-0.2, -0.15) is 0 Å². The van der Waals surface area contributed by atoms with E-state index in [9.17, 15) is 9.59 Å². The Kier molecular flexibility index (Phi) is 4.18. The number of anilines is 1. The third kappa shape index (κ3) is 3.06. The number of nitrogens with one attached hydrogen (secondary N) is 2. The molecule has 7 nitrogen and oxygen atoms in total. The minimum absolute atomic E-state index is 0.159. The van der Waals surface area contributed by atoms with Crippen LogP contribution in [0.3, 0.4) is 0 Å². The number of carbonyl (C=O) groups excluding carboxylic acids is 1. The highest BCUT2D eigenvalue weighted by molar-refractivity contribution is 6.07. The highest BCUT2D eigenvalue weighted by Gasteiger charge is 2.31. The summed E-state index contributed by atoms with van der Waals surface area (Å²) >= 11 is 0. The van der Waals surface area contributed by atoms with Crippen LogP contribution in [0.15, 0.2) is 76.0 Å². The molecular weight excluding hydrogens is 346 g/mol. The van der Waals surface area contributed by atoms with Crippen molar-refractivity contribution in [3.63, 3.8) is 0 Å². The normalized spacial score (nSPS) is 10.7. The molecule has 2 N–H and O–H groups in total. The number of hydrogen-bond donors (Lipinski definition) is 2. The smallest absolute Gasteiger partial charge is 0.441 e. The van der Waals surface area contributed by atoms with Gasteiger partial charge < -0.3 is 10.1 Å². The number of nitrogens with zero attached hydrogens (tertiary/aromatic N) is 1. The lowest BCUT2D eigenvalue weighted by molar-refractivity contribution is -0.672. The Hall–Kier alpha value is -3.87. The van der Waals surface area contributed by atoms with E-state index in [4.69, 9.17) is 9.26 Å². The zero-order valence-corrected chi connectivity index (χ0v) is 14.4. The van der Waals surface area contributed by atoms with Crippen molar-refractivity contribution in [2.24, 2.45) is 0 Å². The number of benzene rings is 3. The van der Waals surface area contributed by atoms with E-state index in [-0.39, 0.29) is 5.69 Å². The monoisotopic (exact) mass is 362 g/mol. The van der Waals surface area contributed by atoms with E-state index in [1.807, 2.05) is 36.4 Å². The zero-order valence-electron chi connectivity index (χ0n) is 14.4. The van der Waals surface area contributed by atoms with Gasteiger partial charge in [0.1, 0.15) is 5.75 Å². The van der Waals surface area contributed by atoms with Gasteiger partial charge >= 0.3 is 17.2 Å². The summed E-state index contributed by atoms with van der Waals surface area (Å²) in [6.45, 7) is 0. The van der Waals surface area contributed by atoms with Crippen LogP contribution in [0.5, 0.6) is 5.75 Å². The van der Waals surface area contributed by atoms with Gasteiger partial charge in [0.05, 0.1) is 7.11 Å². The summed E-state index contributed by atoms with van der Waals surface area (Å²) in [5, 5.41) is 7.12. The van der Waals surface area contributed by atoms with Crippen molar-refractivity contribution in [3.8, 4) is 11.4 Å². The maximum atomic E-state index is 12.8. The molecule has 27 heavy (non-hydrogen) atoms. The Balaban J connectivity index is 1.72. The lowest BCUT2D eigenvalue weighted by Gasteiger charge is -2.06. The van der Waals surface area contributed by atoms with E-state index in [0.29, 0.717) is 17.1 Å². The first kappa shape index (κ1) is 16.6. The highest BCUT2D eigenvalue weighted by Crippen LogP contribution is 2.23. The molecule has 0 saturated heterocycles. The van der Waals surface area contributed by atoms with E-state index in [0.717, 1.165) is 10.8 Å². The first-order valence-corrected chi connectivity index (χ1v) is 8.24. The maximum absolute atomic E-state index is 12.8. The summed E-state index contributed by atoms with van der Waals surface area (Å²) in [6.07, 6.45) is 0. The van der Waals surface area contributed by atoms with Crippen molar-refractivity contribution in [1.82, 2.24) is 5.27 Å². The fraction of sp³-hybridized carbons (Fsp3) is 0.0500. The fourth-order valence-corrected chi connectivity index (χ4v) is 2.90. The third-order valence-electron chi connectivity index (χ3n) is 4.23. The molecule has 3 aromatic carbocycles. The first-order chi connectivity index (χ1) is 13.2. The van der Waals surface area contributed by atoms with Crippen LogP contribution < -0.4 is 20.4 Å². The molecule has 0 fully saturated rings. The second-order valence-corrected chi connectivity index (χ2v) is 5.84. The van der Waals surface area contributed by atoms with Crippen LogP contribution in [0.2, 0.25) is 0 Å². The molecule has 1 heterocycles. The predicted molar refractivity (Wildman–Crippen MR) is 99.3 cm³/mol. The number of hydrogen-bond acceptors (Lipinski definition) is 4. The molecule has 0 bridgehead atoms. The minimum atomic E-state index is -0.761. The van der Waals surface area contributed by atoms with Crippen LogP contribution in [0.4, 0.5) is 5.69 Å².